The molecule has 2 aliphatic rings. The van der Waals surface area contributed by atoms with Gasteiger partial charge in [0.2, 0.25) is 5.95 Å². The van der Waals surface area contributed by atoms with Crippen LogP contribution in [0.5, 0.6) is 0 Å². The maximum atomic E-state index is 13.9. The van der Waals surface area contributed by atoms with E-state index < -0.39 is 5.82 Å². The monoisotopic (exact) mass is 518 g/mol. The lowest BCUT2D eigenvalue weighted by Gasteiger charge is -2.27. The van der Waals surface area contributed by atoms with E-state index in [-0.39, 0.29) is 0 Å². The molecule has 192 valence electrons. The minimum Gasteiger partial charge on any atom is -0.329 e. The molecule has 3 heterocycles. The molecule has 2 N–H and O–H groups in total. The molecule has 1 saturated carbocycles. The number of nitrogens with zero attached hydrogens (tertiary/aromatic N) is 4. The van der Waals surface area contributed by atoms with Crippen LogP contribution in [-0.2, 0) is 6.54 Å². The minimum atomic E-state index is -0.399. The van der Waals surface area contributed by atoms with E-state index in [4.69, 9.17) is 16.6 Å². The standard InChI is InChI=1S/C29H32ClFN6/c30-22-14-23(31)16-24(15-22)34-29-33-17-26-27(19-37(28(26)35-29)25-4-2-1-3-5-25)21-8-6-20(7-9-21)18-36-12-10-32-11-13-36/h6-9,14-17,19,25,32H,1-5,10-13,18H2,(H,33,34,35). The highest BCUT2D eigenvalue weighted by Gasteiger charge is 2.21. The topological polar surface area (TPSA) is 58.0 Å². The zero-order chi connectivity index (χ0) is 25.2. The molecule has 0 unspecified atom stereocenters. The lowest BCUT2D eigenvalue weighted by molar-refractivity contribution is 0.233. The van der Waals surface area contributed by atoms with Crippen molar-refractivity contribution in [2.24, 2.45) is 0 Å². The summed E-state index contributed by atoms with van der Waals surface area (Å²) in [6.07, 6.45) is 10.2. The first-order valence-corrected chi connectivity index (χ1v) is 13.6. The molecule has 2 aromatic carbocycles. The second-order valence-corrected chi connectivity index (χ2v) is 10.6. The smallest absolute Gasteiger partial charge is 0.229 e. The van der Waals surface area contributed by atoms with Crippen molar-refractivity contribution in [2.75, 3.05) is 31.5 Å². The maximum absolute atomic E-state index is 13.9. The molecular formula is C29H32ClFN6. The normalized spacial score (nSPS) is 17.4. The Morgan fingerprint density at radius 1 is 1.03 bits per heavy atom. The fraction of sp³-hybridized carbons (Fsp3) is 0.379. The van der Waals surface area contributed by atoms with Crippen molar-refractivity contribution in [3.63, 3.8) is 0 Å². The van der Waals surface area contributed by atoms with Gasteiger partial charge in [-0.1, -0.05) is 55.1 Å². The molecule has 0 amide bonds. The summed E-state index contributed by atoms with van der Waals surface area (Å²) in [4.78, 5) is 12.0. The van der Waals surface area contributed by atoms with E-state index in [0.29, 0.717) is 22.7 Å². The van der Waals surface area contributed by atoms with Gasteiger partial charge in [0.05, 0.1) is 0 Å². The van der Waals surface area contributed by atoms with Crippen molar-refractivity contribution in [3.8, 4) is 11.1 Å². The first kappa shape index (κ1) is 24.3. The zero-order valence-electron chi connectivity index (χ0n) is 20.9. The van der Waals surface area contributed by atoms with Crippen molar-refractivity contribution in [1.29, 1.82) is 0 Å². The van der Waals surface area contributed by atoms with Crippen LogP contribution in [-0.4, -0.2) is 45.6 Å². The number of halogens is 2. The van der Waals surface area contributed by atoms with Gasteiger partial charge in [0.15, 0.2) is 0 Å². The van der Waals surface area contributed by atoms with Crippen molar-refractivity contribution >= 4 is 34.3 Å². The predicted molar refractivity (Wildman–Crippen MR) is 148 cm³/mol. The largest absolute Gasteiger partial charge is 0.329 e. The van der Waals surface area contributed by atoms with Crippen LogP contribution in [0.2, 0.25) is 5.02 Å². The van der Waals surface area contributed by atoms with Crippen LogP contribution >= 0.6 is 11.6 Å². The molecule has 1 aliphatic heterocycles. The molecule has 2 aromatic heterocycles. The average molecular weight is 519 g/mol. The van der Waals surface area contributed by atoms with Crippen molar-refractivity contribution < 1.29 is 4.39 Å². The first-order chi connectivity index (χ1) is 18.1. The van der Waals surface area contributed by atoms with E-state index in [9.17, 15) is 4.39 Å². The Balaban J connectivity index is 1.33. The highest BCUT2D eigenvalue weighted by atomic mass is 35.5. The van der Waals surface area contributed by atoms with Crippen LogP contribution < -0.4 is 10.6 Å². The molecule has 0 radical (unpaired) electrons. The Kier molecular flexibility index (Phi) is 7.09. The number of piperazine rings is 1. The Morgan fingerprint density at radius 3 is 2.57 bits per heavy atom. The van der Waals surface area contributed by atoms with Crippen LogP contribution in [0.3, 0.4) is 0 Å². The third-order valence-electron chi connectivity index (χ3n) is 7.54. The van der Waals surface area contributed by atoms with E-state index in [0.717, 1.165) is 62.2 Å². The zero-order valence-corrected chi connectivity index (χ0v) is 21.6. The Hall–Kier alpha value is -3.00. The quantitative estimate of drug-likeness (QED) is 0.303. The van der Waals surface area contributed by atoms with Gasteiger partial charge in [0.25, 0.3) is 0 Å². The van der Waals surface area contributed by atoms with Crippen LogP contribution in [0.15, 0.2) is 54.9 Å². The molecule has 37 heavy (non-hydrogen) atoms. The Morgan fingerprint density at radius 2 is 1.81 bits per heavy atom. The van der Waals surface area contributed by atoms with Crippen molar-refractivity contribution in [2.45, 2.75) is 44.7 Å². The van der Waals surface area contributed by atoms with Crippen LogP contribution in [0.1, 0.15) is 43.7 Å². The summed E-state index contributed by atoms with van der Waals surface area (Å²) >= 11 is 6.04. The Labute approximate surface area is 221 Å². The number of nitrogens with one attached hydrogen (secondary N) is 2. The molecule has 0 bridgehead atoms. The average Bonchev–Trinajstić information content (AvgIpc) is 3.28. The van der Waals surface area contributed by atoms with E-state index >= 15 is 0 Å². The molecular weight excluding hydrogens is 487 g/mol. The summed E-state index contributed by atoms with van der Waals surface area (Å²) in [7, 11) is 0. The van der Waals surface area contributed by atoms with E-state index in [1.54, 1.807) is 6.07 Å². The van der Waals surface area contributed by atoms with Gasteiger partial charge in [-0.25, -0.2) is 9.37 Å². The summed E-state index contributed by atoms with van der Waals surface area (Å²) < 4.78 is 16.2. The summed E-state index contributed by atoms with van der Waals surface area (Å²) in [5.74, 6) is 0.0339. The SMILES string of the molecule is Fc1cc(Cl)cc(Nc2ncc3c(-c4ccc(CN5CCNCC5)cc4)cn(C4CCCCC4)c3n2)c1. The van der Waals surface area contributed by atoms with Gasteiger partial charge in [-0.3, -0.25) is 4.90 Å². The summed E-state index contributed by atoms with van der Waals surface area (Å²) in [6.45, 7) is 5.27. The fourth-order valence-corrected chi connectivity index (χ4v) is 5.85. The summed E-state index contributed by atoms with van der Waals surface area (Å²) in [5.41, 5.74) is 5.09. The molecule has 6 nitrogen and oxygen atoms in total. The van der Waals surface area contributed by atoms with E-state index in [2.05, 4.69) is 55.5 Å². The van der Waals surface area contributed by atoms with Gasteiger partial charge in [0.1, 0.15) is 11.5 Å². The van der Waals surface area contributed by atoms with Gasteiger partial charge in [0, 0.05) is 72.8 Å². The summed E-state index contributed by atoms with van der Waals surface area (Å²) in [6, 6.07) is 13.7. The molecule has 0 atom stereocenters. The number of anilines is 2. The lowest BCUT2D eigenvalue weighted by atomic mass is 9.95. The molecule has 1 aliphatic carbocycles. The lowest BCUT2D eigenvalue weighted by Crippen LogP contribution is -2.42. The molecule has 8 heteroatoms. The van der Waals surface area contributed by atoms with Crippen LogP contribution in [0, 0.1) is 5.82 Å². The van der Waals surface area contributed by atoms with Crippen LogP contribution in [0.4, 0.5) is 16.0 Å². The van der Waals surface area contributed by atoms with Gasteiger partial charge < -0.3 is 15.2 Å². The predicted octanol–water partition coefficient (Wildman–Crippen LogP) is 6.54. The number of aromatic nitrogens is 3. The number of rotatable bonds is 6. The van der Waals surface area contributed by atoms with Crippen molar-refractivity contribution in [1.82, 2.24) is 24.8 Å². The maximum Gasteiger partial charge on any atom is 0.229 e. The molecule has 2 fully saturated rings. The number of hydrogen-bond acceptors (Lipinski definition) is 5. The van der Waals surface area contributed by atoms with Crippen molar-refractivity contribution in [3.05, 3.63) is 71.3 Å². The van der Waals surface area contributed by atoms with Gasteiger partial charge >= 0.3 is 0 Å². The molecule has 4 aromatic rings. The second kappa shape index (κ2) is 10.8. The molecule has 1 saturated heterocycles. The third kappa shape index (κ3) is 5.49. The van der Waals surface area contributed by atoms with E-state index in [1.807, 2.05) is 6.20 Å². The highest BCUT2D eigenvalue weighted by Crippen LogP contribution is 2.37. The second-order valence-electron chi connectivity index (χ2n) is 10.2. The van der Waals surface area contributed by atoms with E-state index in [1.165, 1.54) is 42.5 Å². The molecule has 6 rings (SSSR count). The number of hydrogen-bond donors (Lipinski definition) is 2. The minimum absolute atomic E-state index is 0.330. The van der Waals surface area contributed by atoms with Crippen LogP contribution in [0.25, 0.3) is 22.2 Å². The summed E-state index contributed by atoms with van der Waals surface area (Å²) in [5, 5.41) is 7.91. The number of fused-ring (bicyclic) bond motifs is 1. The first-order valence-electron chi connectivity index (χ1n) is 13.3. The van der Waals surface area contributed by atoms with Gasteiger partial charge in [-0.05, 0) is 42.2 Å². The van der Waals surface area contributed by atoms with Gasteiger partial charge in [-0.2, -0.15) is 4.98 Å². The number of benzene rings is 2. The third-order valence-corrected chi connectivity index (χ3v) is 7.76. The van der Waals surface area contributed by atoms with Gasteiger partial charge in [-0.15, -0.1) is 0 Å². The Bertz CT molecular complexity index is 1350. The fourth-order valence-electron chi connectivity index (χ4n) is 5.63. The highest BCUT2D eigenvalue weighted by molar-refractivity contribution is 6.30. The molecule has 0 spiro atoms.